The molecule has 0 aromatic heterocycles. The van der Waals surface area contributed by atoms with Gasteiger partial charge in [0.15, 0.2) is 6.29 Å². The molecule has 2 unspecified atom stereocenters. The summed E-state index contributed by atoms with van der Waals surface area (Å²) in [5.74, 6) is 0. The van der Waals surface area contributed by atoms with Gasteiger partial charge in [-0.1, -0.05) is 0 Å². The molecule has 0 radical (unpaired) electrons. The van der Waals surface area contributed by atoms with Crippen molar-refractivity contribution < 1.29 is 18.9 Å². The number of methoxy groups -OCH3 is 2. The average Bonchev–Trinajstić information content (AvgIpc) is 2.03. The van der Waals surface area contributed by atoms with Gasteiger partial charge >= 0.3 is 0 Å². The second kappa shape index (κ2) is 8.17. The van der Waals surface area contributed by atoms with E-state index in [0.29, 0.717) is 13.2 Å². The van der Waals surface area contributed by atoms with Crippen LogP contribution in [0.15, 0.2) is 0 Å². The lowest BCUT2D eigenvalue weighted by atomic mass is 10.4. The van der Waals surface area contributed by atoms with Crippen LogP contribution in [0.1, 0.15) is 20.8 Å². The molecule has 0 fully saturated rings. The summed E-state index contributed by atoms with van der Waals surface area (Å²) in [6, 6.07) is 0. The summed E-state index contributed by atoms with van der Waals surface area (Å²) in [6.45, 7) is 6.92. The zero-order valence-corrected chi connectivity index (χ0v) is 9.78. The van der Waals surface area contributed by atoms with E-state index in [0.717, 1.165) is 0 Å². The lowest BCUT2D eigenvalue weighted by Crippen LogP contribution is -2.28. The molecule has 2 atom stereocenters. The average molecular weight is 206 g/mol. The quantitative estimate of drug-likeness (QED) is 0.563. The second-order valence-corrected chi connectivity index (χ2v) is 3.37. The standard InChI is InChI=1S/C10H22O4/c1-8(6-11-4)13-10(3)14-9(2)7-12-5/h8-10H,6-7H2,1-5H3. The zero-order valence-electron chi connectivity index (χ0n) is 9.78. The molecule has 0 aromatic rings. The molecule has 0 rings (SSSR count). The van der Waals surface area contributed by atoms with Crippen LogP contribution in [0.5, 0.6) is 0 Å². The van der Waals surface area contributed by atoms with Crippen LogP contribution in [-0.2, 0) is 18.9 Å². The van der Waals surface area contributed by atoms with Crippen molar-refractivity contribution in [2.24, 2.45) is 0 Å². The number of rotatable bonds is 8. The van der Waals surface area contributed by atoms with Gasteiger partial charge in [-0.15, -0.1) is 0 Å². The first-order chi connectivity index (χ1) is 6.60. The van der Waals surface area contributed by atoms with Gasteiger partial charge in [0.25, 0.3) is 0 Å². The van der Waals surface area contributed by atoms with E-state index in [1.807, 2.05) is 20.8 Å². The molecule has 0 N–H and O–H groups in total. The fraction of sp³-hybridized carbons (Fsp3) is 1.00. The largest absolute Gasteiger partial charge is 0.382 e. The minimum atomic E-state index is -0.231. The highest BCUT2D eigenvalue weighted by Crippen LogP contribution is 2.04. The van der Waals surface area contributed by atoms with Crippen molar-refractivity contribution >= 4 is 0 Å². The van der Waals surface area contributed by atoms with Crippen LogP contribution in [-0.4, -0.2) is 45.9 Å². The van der Waals surface area contributed by atoms with Crippen LogP contribution in [0.4, 0.5) is 0 Å². The molecular weight excluding hydrogens is 184 g/mol. The maximum atomic E-state index is 5.50. The topological polar surface area (TPSA) is 36.9 Å². The first-order valence-corrected chi connectivity index (χ1v) is 4.89. The van der Waals surface area contributed by atoms with Crippen molar-refractivity contribution in [3.63, 3.8) is 0 Å². The van der Waals surface area contributed by atoms with E-state index >= 15 is 0 Å². The molecule has 0 heterocycles. The van der Waals surface area contributed by atoms with E-state index in [2.05, 4.69) is 0 Å². The molecule has 14 heavy (non-hydrogen) atoms. The molecule has 0 bridgehead atoms. The Labute approximate surface area is 86.5 Å². The normalized spacial score (nSPS) is 17.8. The van der Waals surface area contributed by atoms with Crippen LogP contribution >= 0.6 is 0 Å². The van der Waals surface area contributed by atoms with Crippen LogP contribution in [0, 0.1) is 0 Å². The molecule has 0 saturated carbocycles. The minimum absolute atomic E-state index is 0.0461. The van der Waals surface area contributed by atoms with E-state index in [1.165, 1.54) is 0 Å². The molecular formula is C10H22O4. The summed E-state index contributed by atoms with van der Waals surface area (Å²) in [4.78, 5) is 0. The third kappa shape index (κ3) is 7.26. The molecule has 0 aromatic carbocycles. The van der Waals surface area contributed by atoms with Gasteiger partial charge in [-0.25, -0.2) is 0 Å². The Morgan fingerprint density at radius 2 is 1.14 bits per heavy atom. The third-order valence-electron chi connectivity index (χ3n) is 1.65. The SMILES string of the molecule is COCC(C)OC(C)OC(C)COC. The monoisotopic (exact) mass is 206 g/mol. The van der Waals surface area contributed by atoms with Crippen LogP contribution in [0.2, 0.25) is 0 Å². The molecule has 4 heteroatoms. The van der Waals surface area contributed by atoms with Gasteiger partial charge in [0.1, 0.15) is 0 Å². The lowest BCUT2D eigenvalue weighted by Gasteiger charge is -2.22. The Kier molecular flexibility index (Phi) is 8.08. The Bertz CT molecular complexity index is 115. The first kappa shape index (κ1) is 13.8. The van der Waals surface area contributed by atoms with E-state index in [4.69, 9.17) is 18.9 Å². The summed E-state index contributed by atoms with van der Waals surface area (Å²) >= 11 is 0. The summed E-state index contributed by atoms with van der Waals surface area (Å²) in [6.07, 6.45) is -0.139. The van der Waals surface area contributed by atoms with Crippen LogP contribution < -0.4 is 0 Å². The third-order valence-corrected chi connectivity index (χ3v) is 1.65. The second-order valence-electron chi connectivity index (χ2n) is 3.37. The Hall–Kier alpha value is -0.160. The predicted molar refractivity (Wildman–Crippen MR) is 54.3 cm³/mol. The van der Waals surface area contributed by atoms with Crippen molar-refractivity contribution in [1.29, 1.82) is 0 Å². The van der Waals surface area contributed by atoms with Crippen molar-refractivity contribution in [2.75, 3.05) is 27.4 Å². The van der Waals surface area contributed by atoms with Crippen molar-refractivity contribution in [1.82, 2.24) is 0 Å². The molecule has 0 aliphatic heterocycles. The Morgan fingerprint density at radius 3 is 1.43 bits per heavy atom. The number of ether oxygens (including phenoxy) is 4. The van der Waals surface area contributed by atoms with E-state index in [9.17, 15) is 0 Å². The highest BCUT2D eigenvalue weighted by atomic mass is 16.7. The summed E-state index contributed by atoms with van der Waals surface area (Å²) in [5, 5.41) is 0. The van der Waals surface area contributed by atoms with Gasteiger partial charge in [0, 0.05) is 14.2 Å². The predicted octanol–water partition coefficient (Wildman–Crippen LogP) is 1.44. The van der Waals surface area contributed by atoms with Crippen LogP contribution in [0.25, 0.3) is 0 Å². The maximum absolute atomic E-state index is 5.50. The van der Waals surface area contributed by atoms with E-state index in [-0.39, 0.29) is 18.5 Å². The van der Waals surface area contributed by atoms with Crippen molar-refractivity contribution in [2.45, 2.75) is 39.3 Å². The summed E-state index contributed by atoms with van der Waals surface area (Å²) in [5.41, 5.74) is 0. The first-order valence-electron chi connectivity index (χ1n) is 4.89. The molecule has 86 valence electrons. The molecule has 0 spiro atoms. The number of hydrogen-bond acceptors (Lipinski definition) is 4. The van der Waals surface area contributed by atoms with E-state index < -0.39 is 0 Å². The summed E-state index contributed by atoms with van der Waals surface area (Å²) in [7, 11) is 3.30. The molecule has 0 aliphatic rings. The van der Waals surface area contributed by atoms with Gasteiger partial charge in [-0.2, -0.15) is 0 Å². The molecule has 0 aliphatic carbocycles. The van der Waals surface area contributed by atoms with Crippen molar-refractivity contribution in [3.05, 3.63) is 0 Å². The van der Waals surface area contributed by atoms with Crippen LogP contribution in [0.3, 0.4) is 0 Å². The zero-order chi connectivity index (χ0) is 11.0. The molecule has 0 saturated heterocycles. The van der Waals surface area contributed by atoms with Gasteiger partial charge in [-0.3, -0.25) is 0 Å². The molecule has 0 amide bonds. The smallest absolute Gasteiger partial charge is 0.155 e. The maximum Gasteiger partial charge on any atom is 0.155 e. The van der Waals surface area contributed by atoms with Gasteiger partial charge in [0.2, 0.25) is 0 Å². The fourth-order valence-corrected chi connectivity index (χ4v) is 1.23. The van der Waals surface area contributed by atoms with E-state index in [1.54, 1.807) is 14.2 Å². The van der Waals surface area contributed by atoms with Gasteiger partial charge < -0.3 is 18.9 Å². The fourth-order valence-electron chi connectivity index (χ4n) is 1.23. The lowest BCUT2D eigenvalue weighted by molar-refractivity contribution is -0.192. The van der Waals surface area contributed by atoms with Crippen molar-refractivity contribution in [3.8, 4) is 0 Å². The number of hydrogen-bond donors (Lipinski definition) is 0. The highest BCUT2D eigenvalue weighted by Gasteiger charge is 2.11. The van der Waals surface area contributed by atoms with Gasteiger partial charge in [0.05, 0.1) is 25.4 Å². The Balaban J connectivity index is 3.57. The highest BCUT2D eigenvalue weighted by molar-refractivity contribution is 4.51. The molecule has 4 nitrogen and oxygen atoms in total. The minimum Gasteiger partial charge on any atom is -0.382 e. The Morgan fingerprint density at radius 1 is 0.786 bits per heavy atom. The summed E-state index contributed by atoms with van der Waals surface area (Å²) < 4.78 is 20.9. The van der Waals surface area contributed by atoms with Gasteiger partial charge in [-0.05, 0) is 20.8 Å².